The Balaban J connectivity index is 1.72. The fraction of sp³-hybridized carbons (Fsp3) is 0.385. The number of H-pyrrole nitrogens is 1. The third-order valence-corrected chi connectivity index (χ3v) is 3.99. The van der Waals surface area contributed by atoms with Crippen LogP contribution in [-0.4, -0.2) is 46.2 Å². The van der Waals surface area contributed by atoms with E-state index in [0.29, 0.717) is 17.8 Å². The smallest absolute Gasteiger partial charge is 0.275 e. The van der Waals surface area contributed by atoms with Gasteiger partial charge in [-0.15, -0.1) is 0 Å². The van der Waals surface area contributed by atoms with Crippen LogP contribution in [0.25, 0.3) is 10.9 Å². The normalized spacial score (nSPS) is 26.1. The Kier molecular flexibility index (Phi) is 1.99. The number of hydrogen-bond donors (Lipinski definition) is 2. The molecule has 0 radical (unpaired) electrons. The summed E-state index contributed by atoms with van der Waals surface area (Å²) in [6, 6.07) is 8.58. The molecule has 1 aromatic carbocycles. The number of aromatic nitrogens is 2. The fourth-order valence-electron chi connectivity index (χ4n) is 3.07. The van der Waals surface area contributed by atoms with Gasteiger partial charge in [0, 0.05) is 30.6 Å². The number of likely N-dealkylation sites (tertiary alicyclic amines) is 1. The summed E-state index contributed by atoms with van der Waals surface area (Å²) in [6.07, 6.45) is 1.08. The van der Waals surface area contributed by atoms with E-state index in [2.05, 4.69) is 15.5 Å². The Morgan fingerprint density at radius 3 is 3.06 bits per heavy atom. The lowest BCUT2D eigenvalue weighted by atomic mass is 10.2. The van der Waals surface area contributed by atoms with Crippen LogP contribution in [0, 0.1) is 0 Å². The van der Waals surface area contributed by atoms with E-state index in [4.69, 9.17) is 0 Å². The average molecular weight is 242 g/mol. The molecule has 2 fully saturated rings. The van der Waals surface area contributed by atoms with Gasteiger partial charge >= 0.3 is 0 Å². The molecule has 2 aliphatic heterocycles. The standard InChI is InChI=1S/C13H14N4O/c18-13(17-7-8-5-9(17)6-14-8)12-10-3-1-2-4-11(10)15-16-12/h1-4,8-9,14H,5-7H2,(H,15,16). The molecule has 0 aliphatic carbocycles. The summed E-state index contributed by atoms with van der Waals surface area (Å²) in [6.45, 7) is 1.73. The lowest BCUT2D eigenvalue weighted by Gasteiger charge is -2.26. The monoisotopic (exact) mass is 242 g/mol. The van der Waals surface area contributed by atoms with Gasteiger partial charge in [-0.1, -0.05) is 18.2 Å². The van der Waals surface area contributed by atoms with Crippen molar-refractivity contribution >= 4 is 16.8 Å². The topological polar surface area (TPSA) is 61.0 Å². The first kappa shape index (κ1) is 10.1. The summed E-state index contributed by atoms with van der Waals surface area (Å²) in [4.78, 5) is 14.5. The van der Waals surface area contributed by atoms with E-state index in [9.17, 15) is 4.79 Å². The Hall–Kier alpha value is -1.88. The molecule has 0 saturated carbocycles. The minimum atomic E-state index is 0.0569. The second kappa shape index (κ2) is 3.55. The highest BCUT2D eigenvalue weighted by atomic mass is 16.2. The van der Waals surface area contributed by atoms with Crippen LogP contribution in [0.4, 0.5) is 0 Å². The van der Waals surface area contributed by atoms with Crippen molar-refractivity contribution in [3.63, 3.8) is 0 Å². The van der Waals surface area contributed by atoms with Crippen molar-refractivity contribution in [1.29, 1.82) is 0 Å². The van der Waals surface area contributed by atoms with Crippen molar-refractivity contribution in [2.75, 3.05) is 13.1 Å². The van der Waals surface area contributed by atoms with E-state index in [1.165, 1.54) is 0 Å². The molecule has 1 aromatic heterocycles. The zero-order valence-electron chi connectivity index (χ0n) is 9.89. The van der Waals surface area contributed by atoms with Crippen molar-refractivity contribution in [1.82, 2.24) is 20.4 Å². The van der Waals surface area contributed by atoms with Gasteiger partial charge in [-0.05, 0) is 12.5 Å². The number of rotatable bonds is 1. The quantitative estimate of drug-likeness (QED) is 0.775. The second-order valence-corrected chi connectivity index (χ2v) is 5.07. The maximum atomic E-state index is 12.5. The Bertz CT molecular complexity index is 620. The minimum Gasteiger partial charge on any atom is -0.331 e. The highest BCUT2D eigenvalue weighted by molar-refractivity contribution is 6.04. The largest absolute Gasteiger partial charge is 0.331 e. The van der Waals surface area contributed by atoms with Crippen LogP contribution in [0.15, 0.2) is 24.3 Å². The van der Waals surface area contributed by atoms with Crippen LogP contribution in [0.3, 0.4) is 0 Å². The predicted molar refractivity (Wildman–Crippen MR) is 67.3 cm³/mol. The van der Waals surface area contributed by atoms with Crippen molar-refractivity contribution < 1.29 is 4.79 Å². The SMILES string of the molecule is O=C(c1n[nH]c2ccccc12)N1CC2CC1CN2. The molecule has 2 saturated heterocycles. The third-order valence-electron chi connectivity index (χ3n) is 3.99. The Labute approximate surface area is 104 Å². The molecule has 5 heteroatoms. The van der Waals surface area contributed by atoms with Crippen molar-refractivity contribution in [2.45, 2.75) is 18.5 Å². The Morgan fingerprint density at radius 1 is 1.39 bits per heavy atom. The van der Waals surface area contributed by atoms with E-state index in [0.717, 1.165) is 30.4 Å². The van der Waals surface area contributed by atoms with Crippen LogP contribution < -0.4 is 5.32 Å². The van der Waals surface area contributed by atoms with E-state index in [1.807, 2.05) is 29.2 Å². The van der Waals surface area contributed by atoms with Crippen LogP contribution in [0.5, 0.6) is 0 Å². The van der Waals surface area contributed by atoms with Gasteiger partial charge in [0.1, 0.15) is 0 Å². The zero-order chi connectivity index (χ0) is 12.1. The molecule has 3 heterocycles. The number of fused-ring (bicyclic) bond motifs is 3. The summed E-state index contributed by atoms with van der Waals surface area (Å²) in [7, 11) is 0. The van der Waals surface area contributed by atoms with Gasteiger partial charge in [0.05, 0.1) is 5.52 Å². The number of benzene rings is 1. The van der Waals surface area contributed by atoms with E-state index in [1.54, 1.807) is 0 Å². The summed E-state index contributed by atoms with van der Waals surface area (Å²) >= 11 is 0. The van der Waals surface area contributed by atoms with E-state index < -0.39 is 0 Å². The molecule has 92 valence electrons. The second-order valence-electron chi connectivity index (χ2n) is 5.07. The summed E-state index contributed by atoms with van der Waals surface area (Å²) in [5, 5.41) is 11.4. The van der Waals surface area contributed by atoms with Gasteiger partial charge in [0.25, 0.3) is 5.91 Å². The number of carbonyl (C=O) groups excluding carboxylic acids is 1. The maximum Gasteiger partial charge on any atom is 0.275 e. The molecule has 2 N–H and O–H groups in total. The van der Waals surface area contributed by atoms with Gasteiger partial charge in [0.15, 0.2) is 5.69 Å². The molecular formula is C13H14N4O. The number of carbonyl (C=O) groups is 1. The van der Waals surface area contributed by atoms with Crippen molar-refractivity contribution in [2.24, 2.45) is 0 Å². The van der Waals surface area contributed by atoms with Gasteiger partial charge in [-0.3, -0.25) is 9.89 Å². The highest BCUT2D eigenvalue weighted by Crippen LogP contribution is 2.26. The number of para-hydroxylation sites is 1. The molecule has 0 spiro atoms. The van der Waals surface area contributed by atoms with Crippen molar-refractivity contribution in [3.05, 3.63) is 30.0 Å². The predicted octanol–water partition coefficient (Wildman–Crippen LogP) is 0.749. The van der Waals surface area contributed by atoms with Crippen LogP contribution >= 0.6 is 0 Å². The first-order chi connectivity index (χ1) is 8.83. The van der Waals surface area contributed by atoms with Crippen molar-refractivity contribution in [3.8, 4) is 0 Å². The number of nitrogens with one attached hydrogen (secondary N) is 2. The van der Waals surface area contributed by atoms with Gasteiger partial charge in [-0.2, -0.15) is 5.10 Å². The van der Waals surface area contributed by atoms with Crippen LogP contribution in [-0.2, 0) is 0 Å². The van der Waals surface area contributed by atoms with Gasteiger partial charge in [-0.25, -0.2) is 0 Å². The van der Waals surface area contributed by atoms with Crippen LogP contribution in [0.1, 0.15) is 16.9 Å². The fourth-order valence-corrected chi connectivity index (χ4v) is 3.07. The molecule has 2 atom stereocenters. The number of amides is 1. The van der Waals surface area contributed by atoms with Gasteiger partial charge in [0.2, 0.25) is 0 Å². The molecule has 2 bridgehead atoms. The number of hydrogen-bond acceptors (Lipinski definition) is 3. The molecule has 4 rings (SSSR count). The Morgan fingerprint density at radius 2 is 2.28 bits per heavy atom. The lowest BCUT2D eigenvalue weighted by molar-refractivity contribution is 0.0712. The number of nitrogens with zero attached hydrogens (tertiary/aromatic N) is 2. The lowest BCUT2D eigenvalue weighted by Crippen LogP contribution is -2.46. The van der Waals surface area contributed by atoms with E-state index in [-0.39, 0.29) is 5.91 Å². The number of aromatic amines is 1. The molecule has 1 amide bonds. The molecule has 2 aliphatic rings. The molecular weight excluding hydrogens is 228 g/mol. The first-order valence-electron chi connectivity index (χ1n) is 6.30. The minimum absolute atomic E-state index is 0.0569. The average Bonchev–Trinajstić information content (AvgIpc) is 3.12. The summed E-state index contributed by atoms with van der Waals surface area (Å²) in [5.74, 6) is 0.0569. The van der Waals surface area contributed by atoms with E-state index >= 15 is 0 Å². The first-order valence-corrected chi connectivity index (χ1v) is 6.30. The molecule has 2 unspecified atom stereocenters. The summed E-state index contributed by atoms with van der Waals surface area (Å²) in [5.41, 5.74) is 1.47. The molecule has 18 heavy (non-hydrogen) atoms. The highest BCUT2D eigenvalue weighted by Gasteiger charge is 2.41. The maximum absolute atomic E-state index is 12.5. The van der Waals surface area contributed by atoms with Gasteiger partial charge < -0.3 is 10.2 Å². The molecule has 5 nitrogen and oxygen atoms in total. The third kappa shape index (κ3) is 1.31. The molecule has 2 aromatic rings. The summed E-state index contributed by atoms with van der Waals surface area (Å²) < 4.78 is 0. The number of piperazine rings is 1. The van der Waals surface area contributed by atoms with Crippen LogP contribution in [0.2, 0.25) is 0 Å². The zero-order valence-corrected chi connectivity index (χ0v) is 9.89.